The molecule has 0 N–H and O–H groups in total. The average Bonchev–Trinajstić information content (AvgIpc) is 2.70. The summed E-state index contributed by atoms with van der Waals surface area (Å²) in [6, 6.07) is 0. The molecule has 168 valence electrons. The molecule has 1 unspecified atom stereocenters. The van der Waals surface area contributed by atoms with Crippen molar-refractivity contribution in [1.29, 1.82) is 0 Å². The molecular formula is C26H52O2. The maximum absolute atomic E-state index is 11.7. The summed E-state index contributed by atoms with van der Waals surface area (Å²) < 4.78 is 5.31. The van der Waals surface area contributed by atoms with E-state index in [0.717, 1.165) is 18.8 Å². The Morgan fingerprint density at radius 3 is 1.61 bits per heavy atom. The Hall–Kier alpha value is -0.530. The lowest BCUT2D eigenvalue weighted by Gasteiger charge is -2.14. The number of carbonyl (C=O) groups is 1. The molecule has 2 heteroatoms. The van der Waals surface area contributed by atoms with Crippen LogP contribution in [-0.2, 0) is 9.53 Å². The second-order valence-electron chi connectivity index (χ2n) is 8.77. The first-order valence-electron chi connectivity index (χ1n) is 12.9. The lowest BCUT2D eigenvalue weighted by Crippen LogP contribution is -2.06. The second kappa shape index (κ2) is 22.8. The van der Waals surface area contributed by atoms with E-state index in [9.17, 15) is 4.79 Å². The summed E-state index contributed by atoms with van der Waals surface area (Å²) in [5.74, 6) is 0.910. The highest BCUT2D eigenvalue weighted by atomic mass is 16.5. The van der Waals surface area contributed by atoms with Gasteiger partial charge in [0.2, 0.25) is 0 Å². The van der Waals surface area contributed by atoms with E-state index in [1.54, 1.807) is 0 Å². The Morgan fingerprint density at radius 2 is 1.07 bits per heavy atom. The zero-order valence-corrected chi connectivity index (χ0v) is 19.7. The van der Waals surface area contributed by atoms with Gasteiger partial charge >= 0.3 is 5.97 Å². The van der Waals surface area contributed by atoms with Crippen molar-refractivity contribution in [2.75, 3.05) is 6.61 Å². The summed E-state index contributed by atoms with van der Waals surface area (Å²) in [5, 5.41) is 0. The van der Waals surface area contributed by atoms with Crippen LogP contribution in [0.2, 0.25) is 0 Å². The lowest BCUT2D eigenvalue weighted by molar-refractivity contribution is -0.143. The van der Waals surface area contributed by atoms with Crippen molar-refractivity contribution in [3.05, 3.63) is 0 Å². The highest BCUT2D eigenvalue weighted by molar-refractivity contribution is 5.69. The van der Waals surface area contributed by atoms with Crippen molar-refractivity contribution in [2.45, 2.75) is 149 Å². The van der Waals surface area contributed by atoms with E-state index >= 15 is 0 Å². The Morgan fingerprint density at radius 1 is 0.607 bits per heavy atom. The molecule has 0 radical (unpaired) electrons. The Bertz CT molecular complexity index is 314. The first kappa shape index (κ1) is 27.5. The van der Waals surface area contributed by atoms with E-state index in [1.807, 2.05) is 0 Å². The molecule has 0 aromatic heterocycles. The van der Waals surface area contributed by atoms with Crippen LogP contribution in [0.5, 0.6) is 0 Å². The highest BCUT2D eigenvalue weighted by Crippen LogP contribution is 2.21. The van der Waals surface area contributed by atoms with Gasteiger partial charge in [0.25, 0.3) is 0 Å². The SMILES string of the molecule is CCCCCCCCCCCC(CC)CCCCCC(=O)OCCCCCC. The van der Waals surface area contributed by atoms with E-state index in [-0.39, 0.29) is 5.97 Å². The summed E-state index contributed by atoms with van der Waals surface area (Å²) in [6.45, 7) is 7.45. The first-order chi connectivity index (χ1) is 13.7. The molecule has 1 atom stereocenters. The topological polar surface area (TPSA) is 26.3 Å². The molecule has 0 amide bonds. The van der Waals surface area contributed by atoms with Crippen molar-refractivity contribution in [2.24, 2.45) is 5.92 Å². The molecule has 0 saturated carbocycles. The smallest absolute Gasteiger partial charge is 0.305 e. The Labute approximate surface area is 177 Å². The molecule has 0 heterocycles. The van der Waals surface area contributed by atoms with Crippen LogP contribution in [0.4, 0.5) is 0 Å². The quantitative estimate of drug-likeness (QED) is 0.135. The van der Waals surface area contributed by atoms with Gasteiger partial charge in [0.15, 0.2) is 0 Å². The molecule has 0 spiro atoms. The van der Waals surface area contributed by atoms with Crippen LogP contribution in [0.25, 0.3) is 0 Å². The molecule has 0 aromatic carbocycles. The Kier molecular flexibility index (Phi) is 22.3. The molecule has 0 bridgehead atoms. The van der Waals surface area contributed by atoms with Crippen molar-refractivity contribution in [3.8, 4) is 0 Å². The third-order valence-corrected chi connectivity index (χ3v) is 6.05. The van der Waals surface area contributed by atoms with Gasteiger partial charge in [0.05, 0.1) is 6.61 Å². The van der Waals surface area contributed by atoms with Gasteiger partial charge in [-0.15, -0.1) is 0 Å². The molecule has 0 rings (SSSR count). The number of unbranched alkanes of at least 4 members (excludes halogenated alkanes) is 13. The maximum atomic E-state index is 11.7. The van der Waals surface area contributed by atoms with Crippen LogP contribution in [0.3, 0.4) is 0 Å². The predicted molar refractivity (Wildman–Crippen MR) is 124 cm³/mol. The van der Waals surface area contributed by atoms with Crippen LogP contribution in [0, 0.1) is 5.92 Å². The summed E-state index contributed by atoms with van der Waals surface area (Å²) in [7, 11) is 0. The number of carbonyl (C=O) groups excluding carboxylic acids is 1. The van der Waals surface area contributed by atoms with Gasteiger partial charge in [-0.1, -0.05) is 130 Å². The molecule has 0 aromatic rings. The molecule has 0 aliphatic carbocycles. The summed E-state index contributed by atoms with van der Waals surface area (Å²) in [6.07, 6.45) is 25.6. The fraction of sp³-hybridized carbons (Fsp3) is 0.962. The average molecular weight is 397 g/mol. The number of rotatable bonds is 22. The minimum Gasteiger partial charge on any atom is -0.466 e. The van der Waals surface area contributed by atoms with Gasteiger partial charge < -0.3 is 4.74 Å². The van der Waals surface area contributed by atoms with Crippen LogP contribution in [0.15, 0.2) is 0 Å². The number of hydrogen-bond acceptors (Lipinski definition) is 2. The zero-order valence-electron chi connectivity index (χ0n) is 19.7. The largest absolute Gasteiger partial charge is 0.466 e. The van der Waals surface area contributed by atoms with Crippen molar-refractivity contribution in [3.63, 3.8) is 0 Å². The third-order valence-electron chi connectivity index (χ3n) is 6.05. The van der Waals surface area contributed by atoms with Crippen molar-refractivity contribution >= 4 is 5.97 Å². The second-order valence-corrected chi connectivity index (χ2v) is 8.77. The van der Waals surface area contributed by atoms with Gasteiger partial charge in [0.1, 0.15) is 0 Å². The van der Waals surface area contributed by atoms with Gasteiger partial charge in [-0.3, -0.25) is 4.79 Å². The molecule has 0 aliphatic heterocycles. The highest BCUT2D eigenvalue weighted by Gasteiger charge is 2.07. The number of esters is 1. The van der Waals surface area contributed by atoms with Crippen LogP contribution >= 0.6 is 0 Å². The van der Waals surface area contributed by atoms with Crippen LogP contribution < -0.4 is 0 Å². The summed E-state index contributed by atoms with van der Waals surface area (Å²) in [4.78, 5) is 11.7. The Balaban J connectivity index is 3.42. The van der Waals surface area contributed by atoms with E-state index in [4.69, 9.17) is 4.74 Å². The van der Waals surface area contributed by atoms with Crippen LogP contribution in [0.1, 0.15) is 149 Å². The van der Waals surface area contributed by atoms with E-state index in [1.165, 1.54) is 109 Å². The maximum Gasteiger partial charge on any atom is 0.305 e. The number of hydrogen-bond donors (Lipinski definition) is 0. The standard InChI is InChI=1S/C26H52O2/c1-4-7-9-11-12-13-14-15-17-21-25(6-3)22-18-16-19-23-26(27)28-24-20-10-8-5-2/h25H,4-24H2,1-3H3. The third kappa shape index (κ3) is 20.2. The molecule has 0 aliphatic rings. The molecule has 2 nitrogen and oxygen atoms in total. The fourth-order valence-corrected chi connectivity index (χ4v) is 3.96. The van der Waals surface area contributed by atoms with E-state index < -0.39 is 0 Å². The molecule has 0 saturated heterocycles. The minimum absolute atomic E-state index is 0.0123. The molecular weight excluding hydrogens is 344 g/mol. The summed E-state index contributed by atoms with van der Waals surface area (Å²) >= 11 is 0. The molecule has 0 fully saturated rings. The van der Waals surface area contributed by atoms with Gasteiger partial charge in [-0.05, 0) is 18.8 Å². The minimum atomic E-state index is 0.0123. The van der Waals surface area contributed by atoms with E-state index in [2.05, 4.69) is 20.8 Å². The fourth-order valence-electron chi connectivity index (χ4n) is 3.96. The van der Waals surface area contributed by atoms with Crippen molar-refractivity contribution < 1.29 is 9.53 Å². The van der Waals surface area contributed by atoms with E-state index in [0.29, 0.717) is 13.0 Å². The zero-order chi connectivity index (χ0) is 20.7. The number of ether oxygens (including phenoxy) is 1. The van der Waals surface area contributed by atoms with Crippen molar-refractivity contribution in [1.82, 2.24) is 0 Å². The normalized spacial score (nSPS) is 12.2. The molecule has 28 heavy (non-hydrogen) atoms. The predicted octanol–water partition coefficient (Wildman–Crippen LogP) is 9.01. The lowest BCUT2D eigenvalue weighted by atomic mass is 9.92. The first-order valence-corrected chi connectivity index (χ1v) is 12.9. The monoisotopic (exact) mass is 396 g/mol. The van der Waals surface area contributed by atoms with Crippen LogP contribution in [-0.4, -0.2) is 12.6 Å². The summed E-state index contributed by atoms with van der Waals surface area (Å²) in [5.41, 5.74) is 0. The van der Waals surface area contributed by atoms with Gasteiger partial charge in [0, 0.05) is 6.42 Å². The van der Waals surface area contributed by atoms with Gasteiger partial charge in [-0.25, -0.2) is 0 Å². The van der Waals surface area contributed by atoms with Gasteiger partial charge in [-0.2, -0.15) is 0 Å².